The minimum Gasteiger partial charge on any atom is -0.393 e. The number of nitrogens with one attached hydrogen (secondary N) is 1. The van der Waals surface area contributed by atoms with E-state index >= 15 is 0 Å². The Morgan fingerprint density at radius 3 is 2.80 bits per heavy atom. The quantitative estimate of drug-likeness (QED) is 0.791. The van der Waals surface area contributed by atoms with Crippen molar-refractivity contribution in [1.82, 2.24) is 15.3 Å². The van der Waals surface area contributed by atoms with Crippen molar-refractivity contribution in [3.63, 3.8) is 0 Å². The molecular formula is C13H18N4O2S. The largest absolute Gasteiger partial charge is 0.393 e. The second-order valence-electron chi connectivity index (χ2n) is 4.79. The normalized spacial score (nSPS) is 12.6. The van der Waals surface area contributed by atoms with Crippen molar-refractivity contribution in [2.24, 2.45) is 0 Å². The maximum Gasteiger partial charge on any atom is 0.261 e. The van der Waals surface area contributed by atoms with Gasteiger partial charge in [-0.2, -0.15) is 0 Å². The molecule has 0 saturated carbocycles. The first-order valence-electron chi connectivity index (χ1n) is 6.39. The summed E-state index contributed by atoms with van der Waals surface area (Å²) in [4.78, 5) is 21.9. The summed E-state index contributed by atoms with van der Waals surface area (Å²) < 4.78 is 0. The highest BCUT2D eigenvalue weighted by molar-refractivity contribution is 7.20. The minimum atomic E-state index is -0.428. The zero-order chi connectivity index (χ0) is 14.9. The summed E-state index contributed by atoms with van der Waals surface area (Å²) in [5.74, 6) is 0.838. The molecule has 0 aromatic carbocycles. The Kier molecular flexibility index (Phi) is 4.20. The number of hydrogen-bond donors (Lipinski definition) is 3. The number of nitrogen functional groups attached to an aromatic ring is 1. The molecule has 4 N–H and O–H groups in total. The summed E-state index contributed by atoms with van der Waals surface area (Å²) in [6.45, 7) is 5.74. The number of anilines is 1. The van der Waals surface area contributed by atoms with Crippen LogP contribution in [0.15, 0.2) is 0 Å². The van der Waals surface area contributed by atoms with Crippen LogP contribution in [0.2, 0.25) is 0 Å². The Bertz CT molecular complexity index is 651. The van der Waals surface area contributed by atoms with E-state index in [2.05, 4.69) is 15.3 Å². The summed E-state index contributed by atoms with van der Waals surface area (Å²) in [5.41, 5.74) is 6.70. The minimum absolute atomic E-state index is 0.164. The van der Waals surface area contributed by atoms with Gasteiger partial charge in [-0.15, -0.1) is 11.3 Å². The smallest absolute Gasteiger partial charge is 0.261 e. The second kappa shape index (κ2) is 5.72. The fourth-order valence-electron chi connectivity index (χ4n) is 1.97. The monoisotopic (exact) mass is 294 g/mol. The third-order valence-electron chi connectivity index (χ3n) is 2.98. The topological polar surface area (TPSA) is 101 Å². The van der Waals surface area contributed by atoms with Crippen LogP contribution in [0.3, 0.4) is 0 Å². The molecule has 0 aliphatic rings. The van der Waals surface area contributed by atoms with Gasteiger partial charge in [0.25, 0.3) is 5.91 Å². The Morgan fingerprint density at radius 2 is 2.15 bits per heavy atom. The lowest BCUT2D eigenvalue weighted by molar-refractivity contribution is 0.0949. The molecule has 108 valence electrons. The standard InChI is InChI=1S/C13H18N4O2S/c1-6(18)4-5-15-12(19)10-7(2)9-11(14)16-8(3)17-13(9)20-10/h6,18H,4-5H2,1-3H3,(H,15,19)(H2,14,16,17). The molecule has 2 heterocycles. The van der Waals surface area contributed by atoms with E-state index in [0.29, 0.717) is 29.5 Å². The summed E-state index contributed by atoms with van der Waals surface area (Å²) >= 11 is 1.31. The van der Waals surface area contributed by atoms with E-state index in [1.54, 1.807) is 13.8 Å². The number of aromatic nitrogens is 2. The third-order valence-corrected chi connectivity index (χ3v) is 4.17. The predicted molar refractivity (Wildman–Crippen MR) is 79.9 cm³/mol. The van der Waals surface area contributed by atoms with Gasteiger partial charge in [0, 0.05) is 6.54 Å². The van der Waals surface area contributed by atoms with Crippen LogP contribution in [0.1, 0.15) is 34.4 Å². The highest BCUT2D eigenvalue weighted by Crippen LogP contribution is 2.32. The number of thiophene rings is 1. The average molecular weight is 294 g/mol. The third kappa shape index (κ3) is 2.88. The van der Waals surface area contributed by atoms with Gasteiger partial charge in [-0.05, 0) is 32.8 Å². The van der Waals surface area contributed by atoms with Gasteiger partial charge < -0.3 is 16.2 Å². The molecule has 0 aliphatic heterocycles. The van der Waals surface area contributed by atoms with Crippen molar-refractivity contribution in [2.75, 3.05) is 12.3 Å². The zero-order valence-electron chi connectivity index (χ0n) is 11.7. The molecule has 0 aliphatic carbocycles. The van der Waals surface area contributed by atoms with Gasteiger partial charge in [0.15, 0.2) is 0 Å². The average Bonchev–Trinajstić information content (AvgIpc) is 2.65. The molecule has 1 amide bonds. The summed E-state index contributed by atoms with van der Waals surface area (Å²) in [6, 6.07) is 0. The number of aliphatic hydroxyl groups excluding tert-OH is 1. The van der Waals surface area contributed by atoms with Crippen molar-refractivity contribution in [2.45, 2.75) is 33.3 Å². The summed E-state index contributed by atoms with van der Waals surface area (Å²) in [6.07, 6.45) is 0.0967. The number of carbonyl (C=O) groups excluding carboxylic acids is 1. The molecule has 2 aromatic rings. The van der Waals surface area contributed by atoms with E-state index < -0.39 is 6.10 Å². The molecule has 0 fully saturated rings. The maximum atomic E-state index is 12.1. The van der Waals surface area contributed by atoms with Crippen LogP contribution < -0.4 is 11.1 Å². The van der Waals surface area contributed by atoms with Gasteiger partial charge in [0.05, 0.1) is 16.4 Å². The van der Waals surface area contributed by atoms with Gasteiger partial charge >= 0.3 is 0 Å². The van der Waals surface area contributed by atoms with Gasteiger partial charge in [0.1, 0.15) is 16.5 Å². The van der Waals surface area contributed by atoms with Gasteiger partial charge in [0.2, 0.25) is 0 Å². The van der Waals surface area contributed by atoms with Crippen LogP contribution in [0, 0.1) is 13.8 Å². The van der Waals surface area contributed by atoms with E-state index in [-0.39, 0.29) is 5.91 Å². The molecule has 7 heteroatoms. The van der Waals surface area contributed by atoms with Crippen LogP contribution >= 0.6 is 11.3 Å². The Labute approximate surface area is 121 Å². The number of amides is 1. The van der Waals surface area contributed by atoms with Crippen LogP contribution in [0.5, 0.6) is 0 Å². The van der Waals surface area contributed by atoms with Crippen LogP contribution in [0.25, 0.3) is 10.2 Å². The number of hydrogen-bond acceptors (Lipinski definition) is 6. The first kappa shape index (κ1) is 14.7. The lowest BCUT2D eigenvalue weighted by Gasteiger charge is -2.06. The van der Waals surface area contributed by atoms with E-state index in [1.165, 1.54) is 11.3 Å². The molecule has 0 radical (unpaired) electrons. The summed E-state index contributed by atoms with van der Waals surface area (Å²) in [5, 5.41) is 12.7. The first-order chi connectivity index (χ1) is 9.40. The van der Waals surface area contributed by atoms with Crippen molar-refractivity contribution in [3.8, 4) is 0 Å². The lowest BCUT2D eigenvalue weighted by Crippen LogP contribution is -2.26. The number of fused-ring (bicyclic) bond motifs is 1. The number of aryl methyl sites for hydroxylation is 2. The number of rotatable bonds is 4. The van der Waals surface area contributed by atoms with Crippen molar-refractivity contribution >= 4 is 33.3 Å². The SMILES string of the molecule is Cc1nc(N)c2c(C)c(C(=O)NCCC(C)O)sc2n1. The number of carbonyl (C=O) groups is 1. The molecule has 1 atom stereocenters. The van der Waals surface area contributed by atoms with Gasteiger partial charge in [-0.3, -0.25) is 4.79 Å². The van der Waals surface area contributed by atoms with Gasteiger partial charge in [-0.25, -0.2) is 9.97 Å². The maximum absolute atomic E-state index is 12.1. The fourth-order valence-corrected chi connectivity index (χ4v) is 3.12. The number of aliphatic hydroxyl groups is 1. The number of nitrogens with two attached hydrogens (primary N) is 1. The zero-order valence-corrected chi connectivity index (χ0v) is 12.5. The van der Waals surface area contributed by atoms with Crippen molar-refractivity contribution in [1.29, 1.82) is 0 Å². The molecule has 2 rings (SSSR count). The van der Waals surface area contributed by atoms with E-state index in [4.69, 9.17) is 5.73 Å². The van der Waals surface area contributed by atoms with E-state index in [9.17, 15) is 9.90 Å². The molecule has 0 bridgehead atoms. The Balaban J connectivity index is 2.29. The van der Waals surface area contributed by atoms with Crippen LogP contribution in [-0.2, 0) is 0 Å². The van der Waals surface area contributed by atoms with Crippen LogP contribution in [0.4, 0.5) is 5.82 Å². The van der Waals surface area contributed by atoms with E-state index in [1.807, 2.05) is 6.92 Å². The van der Waals surface area contributed by atoms with E-state index in [0.717, 1.165) is 15.8 Å². The highest BCUT2D eigenvalue weighted by Gasteiger charge is 2.18. The molecular weight excluding hydrogens is 276 g/mol. The Morgan fingerprint density at radius 1 is 1.45 bits per heavy atom. The van der Waals surface area contributed by atoms with Crippen molar-refractivity contribution in [3.05, 3.63) is 16.3 Å². The molecule has 2 aromatic heterocycles. The highest BCUT2D eigenvalue weighted by atomic mass is 32.1. The molecule has 0 spiro atoms. The molecule has 0 saturated heterocycles. The molecule has 1 unspecified atom stereocenters. The first-order valence-corrected chi connectivity index (χ1v) is 7.21. The lowest BCUT2D eigenvalue weighted by atomic mass is 10.2. The van der Waals surface area contributed by atoms with Crippen molar-refractivity contribution < 1.29 is 9.90 Å². The fraction of sp³-hybridized carbons (Fsp3) is 0.462. The molecule has 20 heavy (non-hydrogen) atoms. The molecule has 6 nitrogen and oxygen atoms in total. The Hall–Kier alpha value is -1.73. The van der Waals surface area contributed by atoms with Crippen LogP contribution in [-0.4, -0.2) is 33.6 Å². The van der Waals surface area contributed by atoms with Gasteiger partial charge in [-0.1, -0.05) is 0 Å². The number of nitrogens with zero attached hydrogens (tertiary/aromatic N) is 2. The summed E-state index contributed by atoms with van der Waals surface area (Å²) in [7, 11) is 0. The second-order valence-corrected chi connectivity index (χ2v) is 5.79. The predicted octanol–water partition coefficient (Wildman–Crippen LogP) is 1.39.